The molecular weight excluding hydrogens is 442 g/mol. The SMILES string of the molecule is Nc1ncnc2cc(CN3CCN(C(=O)COc4cc(Cl)cs4)[C@@H](CO)C3=O)ccc12. The van der Waals surface area contributed by atoms with E-state index in [1.165, 1.54) is 22.6 Å². The van der Waals surface area contributed by atoms with Crippen LogP contribution in [0.3, 0.4) is 0 Å². The van der Waals surface area contributed by atoms with Crippen LogP contribution < -0.4 is 10.5 Å². The van der Waals surface area contributed by atoms with Crippen molar-refractivity contribution in [2.45, 2.75) is 12.6 Å². The van der Waals surface area contributed by atoms with Crippen LogP contribution >= 0.6 is 22.9 Å². The van der Waals surface area contributed by atoms with E-state index in [0.29, 0.717) is 41.1 Å². The first kappa shape index (κ1) is 21.3. The second-order valence-electron chi connectivity index (χ2n) is 7.03. The highest BCUT2D eigenvalue weighted by Gasteiger charge is 2.37. The van der Waals surface area contributed by atoms with Gasteiger partial charge in [0.2, 0.25) is 5.91 Å². The van der Waals surface area contributed by atoms with Crippen molar-refractivity contribution in [2.75, 3.05) is 32.0 Å². The zero-order chi connectivity index (χ0) is 22.0. The van der Waals surface area contributed by atoms with Gasteiger partial charge >= 0.3 is 0 Å². The molecule has 3 aromatic rings. The Morgan fingerprint density at radius 3 is 2.90 bits per heavy atom. The van der Waals surface area contributed by atoms with E-state index in [1.54, 1.807) is 16.3 Å². The van der Waals surface area contributed by atoms with Gasteiger partial charge in [-0.05, 0) is 17.7 Å². The number of carbonyl (C=O) groups is 2. The molecule has 1 aliphatic heterocycles. The van der Waals surface area contributed by atoms with Gasteiger partial charge in [0.25, 0.3) is 5.91 Å². The lowest BCUT2D eigenvalue weighted by atomic mass is 10.1. The number of nitrogen functional groups attached to an aromatic ring is 1. The molecule has 31 heavy (non-hydrogen) atoms. The smallest absolute Gasteiger partial charge is 0.261 e. The number of ether oxygens (including phenoxy) is 1. The summed E-state index contributed by atoms with van der Waals surface area (Å²) in [5.41, 5.74) is 7.42. The molecule has 162 valence electrons. The van der Waals surface area contributed by atoms with Crippen LogP contribution in [0.2, 0.25) is 5.02 Å². The second kappa shape index (κ2) is 9.04. The minimum Gasteiger partial charge on any atom is -0.474 e. The maximum Gasteiger partial charge on any atom is 0.261 e. The van der Waals surface area contributed by atoms with Crippen molar-refractivity contribution in [2.24, 2.45) is 0 Å². The fourth-order valence-electron chi connectivity index (χ4n) is 3.50. The van der Waals surface area contributed by atoms with E-state index < -0.39 is 12.6 Å². The van der Waals surface area contributed by atoms with Crippen molar-refractivity contribution in [1.82, 2.24) is 19.8 Å². The summed E-state index contributed by atoms with van der Waals surface area (Å²) in [7, 11) is 0. The maximum absolute atomic E-state index is 12.9. The first-order valence-corrected chi connectivity index (χ1v) is 10.8. The molecule has 1 atom stereocenters. The zero-order valence-electron chi connectivity index (χ0n) is 16.4. The number of hydrogen-bond acceptors (Lipinski definition) is 8. The Labute approximate surface area is 187 Å². The number of halogens is 1. The Bertz CT molecular complexity index is 1120. The quantitative estimate of drug-likeness (QED) is 0.570. The summed E-state index contributed by atoms with van der Waals surface area (Å²) in [6.45, 7) is 0.282. The molecule has 1 aromatic carbocycles. The van der Waals surface area contributed by atoms with E-state index in [1.807, 2.05) is 18.2 Å². The molecule has 0 bridgehead atoms. The minimum atomic E-state index is -0.949. The van der Waals surface area contributed by atoms with Crippen molar-refractivity contribution >= 4 is 51.5 Å². The highest BCUT2D eigenvalue weighted by atomic mass is 35.5. The van der Waals surface area contributed by atoms with E-state index >= 15 is 0 Å². The number of nitrogens with two attached hydrogens (primary N) is 1. The fraction of sp³-hybridized carbons (Fsp3) is 0.300. The Morgan fingerprint density at radius 1 is 1.32 bits per heavy atom. The Balaban J connectivity index is 1.42. The number of benzene rings is 1. The van der Waals surface area contributed by atoms with Gasteiger partial charge in [-0.1, -0.05) is 17.7 Å². The third kappa shape index (κ3) is 4.55. The summed E-state index contributed by atoms with van der Waals surface area (Å²) in [5.74, 6) is -0.287. The van der Waals surface area contributed by atoms with Gasteiger partial charge < -0.3 is 25.4 Å². The number of aliphatic hydroxyl groups is 1. The monoisotopic (exact) mass is 461 g/mol. The van der Waals surface area contributed by atoms with Gasteiger partial charge in [0.15, 0.2) is 11.7 Å². The van der Waals surface area contributed by atoms with Crippen LogP contribution in [0, 0.1) is 0 Å². The molecule has 2 amide bonds. The number of nitrogens with zero attached hydrogens (tertiary/aromatic N) is 4. The molecule has 9 nitrogen and oxygen atoms in total. The number of anilines is 1. The molecule has 0 spiro atoms. The summed E-state index contributed by atoms with van der Waals surface area (Å²) in [6, 6.07) is 6.21. The van der Waals surface area contributed by atoms with E-state index in [9.17, 15) is 14.7 Å². The van der Waals surface area contributed by atoms with Gasteiger partial charge in [-0.15, -0.1) is 11.3 Å². The molecule has 0 unspecified atom stereocenters. The molecule has 4 rings (SSSR count). The summed E-state index contributed by atoms with van der Waals surface area (Å²) in [6.07, 6.45) is 1.39. The second-order valence-corrected chi connectivity index (χ2v) is 8.34. The normalized spacial score (nSPS) is 16.7. The van der Waals surface area contributed by atoms with Gasteiger partial charge in [-0.2, -0.15) is 0 Å². The fourth-order valence-corrected chi connectivity index (χ4v) is 4.42. The lowest BCUT2D eigenvalue weighted by Crippen LogP contribution is -2.60. The van der Waals surface area contributed by atoms with Crippen LogP contribution in [0.15, 0.2) is 36.0 Å². The number of aliphatic hydroxyl groups excluding tert-OH is 1. The van der Waals surface area contributed by atoms with Gasteiger partial charge in [0.05, 0.1) is 17.1 Å². The average molecular weight is 462 g/mol. The van der Waals surface area contributed by atoms with Crippen molar-refractivity contribution in [3.05, 3.63) is 46.6 Å². The lowest BCUT2D eigenvalue weighted by Gasteiger charge is -2.39. The van der Waals surface area contributed by atoms with E-state index in [0.717, 1.165) is 10.9 Å². The first-order valence-electron chi connectivity index (χ1n) is 9.51. The van der Waals surface area contributed by atoms with Gasteiger partial charge in [-0.25, -0.2) is 9.97 Å². The van der Waals surface area contributed by atoms with Crippen molar-refractivity contribution < 1.29 is 19.4 Å². The van der Waals surface area contributed by atoms with Crippen LogP contribution in [-0.4, -0.2) is 69.0 Å². The molecule has 1 fully saturated rings. The largest absolute Gasteiger partial charge is 0.474 e. The van der Waals surface area contributed by atoms with Crippen molar-refractivity contribution in [1.29, 1.82) is 0 Å². The average Bonchev–Trinajstić information content (AvgIpc) is 3.18. The van der Waals surface area contributed by atoms with Crippen LogP contribution in [0.25, 0.3) is 10.9 Å². The van der Waals surface area contributed by atoms with Crippen LogP contribution in [-0.2, 0) is 16.1 Å². The minimum absolute atomic E-state index is 0.230. The van der Waals surface area contributed by atoms with Crippen LogP contribution in [0.5, 0.6) is 5.06 Å². The Morgan fingerprint density at radius 2 is 2.16 bits per heavy atom. The molecule has 11 heteroatoms. The standard InChI is InChI=1S/C20H20ClN5O4S/c21-13-6-18(31-10-13)30-9-17(28)26-4-3-25(20(29)16(26)8-27)7-12-1-2-14-15(5-12)23-11-24-19(14)22/h1-2,5-6,10-11,16,27H,3-4,7-9H2,(H2,22,23,24)/t16-/m0/s1. The zero-order valence-corrected chi connectivity index (χ0v) is 18.0. The molecule has 2 aromatic heterocycles. The molecule has 0 saturated carbocycles. The predicted octanol–water partition coefficient (Wildman–Crippen LogP) is 1.54. The molecule has 0 radical (unpaired) electrons. The highest BCUT2D eigenvalue weighted by molar-refractivity contribution is 7.12. The Hall–Kier alpha value is -2.95. The van der Waals surface area contributed by atoms with Crippen molar-refractivity contribution in [3.8, 4) is 5.06 Å². The van der Waals surface area contributed by atoms with E-state index in [4.69, 9.17) is 22.1 Å². The van der Waals surface area contributed by atoms with E-state index in [2.05, 4.69) is 9.97 Å². The number of fused-ring (bicyclic) bond motifs is 1. The first-order chi connectivity index (χ1) is 15.0. The topological polar surface area (TPSA) is 122 Å². The number of amides is 2. The predicted molar refractivity (Wildman–Crippen MR) is 117 cm³/mol. The van der Waals surface area contributed by atoms with Crippen LogP contribution in [0.4, 0.5) is 5.82 Å². The number of rotatable bonds is 6. The lowest BCUT2D eigenvalue weighted by molar-refractivity contribution is -0.154. The van der Waals surface area contributed by atoms with Gasteiger partial charge in [0.1, 0.15) is 18.2 Å². The third-order valence-electron chi connectivity index (χ3n) is 5.06. The van der Waals surface area contributed by atoms with Crippen LogP contribution in [0.1, 0.15) is 5.56 Å². The summed E-state index contributed by atoms with van der Waals surface area (Å²) < 4.78 is 5.46. The molecule has 3 N–H and O–H groups in total. The van der Waals surface area contributed by atoms with E-state index in [-0.39, 0.29) is 18.4 Å². The maximum atomic E-state index is 12.9. The number of thiophene rings is 1. The number of aromatic nitrogens is 2. The third-order valence-corrected chi connectivity index (χ3v) is 6.25. The van der Waals surface area contributed by atoms with Gasteiger partial charge in [0, 0.05) is 36.5 Å². The number of piperazine rings is 1. The number of hydrogen-bond donors (Lipinski definition) is 2. The summed E-state index contributed by atoms with van der Waals surface area (Å²) in [5, 5.41) is 13.3. The number of carbonyl (C=O) groups excluding carboxylic acids is 2. The highest BCUT2D eigenvalue weighted by Crippen LogP contribution is 2.26. The molecule has 3 heterocycles. The van der Waals surface area contributed by atoms with Gasteiger partial charge in [-0.3, -0.25) is 9.59 Å². The summed E-state index contributed by atoms with van der Waals surface area (Å²) in [4.78, 5) is 36.7. The molecule has 0 aliphatic carbocycles. The summed E-state index contributed by atoms with van der Waals surface area (Å²) >= 11 is 7.13. The molecule has 1 saturated heterocycles. The van der Waals surface area contributed by atoms with Crippen molar-refractivity contribution in [3.63, 3.8) is 0 Å². The Kier molecular flexibility index (Phi) is 6.21. The molecular formula is C20H20ClN5O4S. The molecule has 1 aliphatic rings.